The largest absolute Gasteiger partial charge is 0.343 e. The number of nitrogens with one attached hydrogen (secondary N) is 1. The van der Waals surface area contributed by atoms with Crippen LogP contribution < -0.4 is 5.32 Å². The van der Waals surface area contributed by atoms with E-state index in [1.807, 2.05) is 5.38 Å². The van der Waals surface area contributed by atoms with E-state index < -0.39 is 6.04 Å². The second kappa shape index (κ2) is 4.61. The normalized spacial score (nSPS) is 21.1. The van der Waals surface area contributed by atoms with E-state index in [9.17, 15) is 9.59 Å². The Morgan fingerprint density at radius 1 is 1.62 bits per heavy atom. The molecule has 1 atom stereocenters. The Hall–Kier alpha value is -1.43. The molecule has 0 aromatic carbocycles. The van der Waals surface area contributed by atoms with Gasteiger partial charge in [0.1, 0.15) is 6.04 Å². The lowest BCUT2D eigenvalue weighted by molar-refractivity contribution is -0.143. The summed E-state index contributed by atoms with van der Waals surface area (Å²) in [5, 5.41) is 5.51. The van der Waals surface area contributed by atoms with Crippen LogP contribution in [-0.2, 0) is 16.0 Å². The number of hydrogen-bond donors (Lipinski definition) is 1. The summed E-state index contributed by atoms with van der Waals surface area (Å²) < 4.78 is 0. The van der Waals surface area contributed by atoms with E-state index in [1.165, 1.54) is 0 Å². The van der Waals surface area contributed by atoms with E-state index in [1.54, 1.807) is 29.4 Å². The maximum absolute atomic E-state index is 11.7. The SMILES string of the molecule is CC1NC(=O)CN(CCc2nccs2)C1=O. The minimum absolute atomic E-state index is 0.0174. The highest BCUT2D eigenvalue weighted by Gasteiger charge is 2.28. The predicted octanol–water partition coefficient (Wildman–Crippen LogP) is 0.0325. The second-order valence-electron chi connectivity index (χ2n) is 3.72. The zero-order valence-electron chi connectivity index (χ0n) is 8.97. The van der Waals surface area contributed by atoms with E-state index in [2.05, 4.69) is 10.3 Å². The zero-order valence-corrected chi connectivity index (χ0v) is 9.79. The van der Waals surface area contributed by atoms with Crippen LogP contribution in [0.25, 0.3) is 0 Å². The monoisotopic (exact) mass is 239 g/mol. The van der Waals surface area contributed by atoms with Crippen molar-refractivity contribution in [1.82, 2.24) is 15.2 Å². The molecule has 0 saturated carbocycles. The summed E-state index contributed by atoms with van der Waals surface area (Å²) >= 11 is 1.56. The van der Waals surface area contributed by atoms with Crippen LogP contribution in [0, 0.1) is 0 Å². The molecule has 1 aliphatic heterocycles. The van der Waals surface area contributed by atoms with Crippen LogP contribution in [0.15, 0.2) is 11.6 Å². The number of piperazine rings is 1. The minimum Gasteiger partial charge on any atom is -0.343 e. The molecular weight excluding hydrogens is 226 g/mol. The standard InChI is InChI=1S/C10H13N3O2S/c1-7-10(15)13(6-8(14)12-7)4-2-9-11-3-5-16-9/h3,5,7H,2,4,6H2,1H3,(H,12,14). The van der Waals surface area contributed by atoms with Crippen molar-refractivity contribution < 1.29 is 9.59 Å². The molecule has 0 aliphatic carbocycles. The Labute approximate surface area is 97.5 Å². The van der Waals surface area contributed by atoms with Gasteiger partial charge in [0.2, 0.25) is 11.8 Å². The third-order valence-corrected chi connectivity index (χ3v) is 3.31. The summed E-state index contributed by atoms with van der Waals surface area (Å²) in [6.45, 7) is 2.43. The lowest BCUT2D eigenvalue weighted by Crippen LogP contribution is -2.57. The van der Waals surface area contributed by atoms with Gasteiger partial charge in [-0.15, -0.1) is 11.3 Å². The summed E-state index contributed by atoms with van der Waals surface area (Å²) in [6, 6.07) is -0.405. The Balaban J connectivity index is 1.93. The van der Waals surface area contributed by atoms with E-state index in [4.69, 9.17) is 0 Å². The molecule has 2 rings (SSSR count). The molecule has 1 N–H and O–H groups in total. The van der Waals surface area contributed by atoms with Crippen LogP contribution in [0.2, 0.25) is 0 Å². The smallest absolute Gasteiger partial charge is 0.245 e. The van der Waals surface area contributed by atoms with Crippen molar-refractivity contribution in [3.8, 4) is 0 Å². The van der Waals surface area contributed by atoms with Gasteiger partial charge in [-0.3, -0.25) is 9.59 Å². The fraction of sp³-hybridized carbons (Fsp3) is 0.500. The number of carbonyl (C=O) groups is 2. The quantitative estimate of drug-likeness (QED) is 0.809. The molecule has 1 aliphatic rings. The summed E-state index contributed by atoms with van der Waals surface area (Å²) in [4.78, 5) is 28.7. The fourth-order valence-corrected chi connectivity index (χ4v) is 2.28. The van der Waals surface area contributed by atoms with Gasteiger partial charge in [-0.05, 0) is 6.92 Å². The average molecular weight is 239 g/mol. The van der Waals surface area contributed by atoms with Crippen molar-refractivity contribution in [3.05, 3.63) is 16.6 Å². The van der Waals surface area contributed by atoms with Crippen molar-refractivity contribution in [3.63, 3.8) is 0 Å². The topological polar surface area (TPSA) is 62.3 Å². The second-order valence-corrected chi connectivity index (χ2v) is 4.70. The minimum atomic E-state index is -0.405. The van der Waals surface area contributed by atoms with E-state index >= 15 is 0 Å². The molecule has 2 heterocycles. The molecule has 6 heteroatoms. The first-order chi connectivity index (χ1) is 7.66. The average Bonchev–Trinajstić information content (AvgIpc) is 2.74. The molecule has 1 aromatic rings. The van der Waals surface area contributed by atoms with Gasteiger partial charge in [-0.25, -0.2) is 4.98 Å². The fourth-order valence-electron chi connectivity index (χ4n) is 1.67. The van der Waals surface area contributed by atoms with Crippen LogP contribution in [0.4, 0.5) is 0 Å². The third-order valence-electron chi connectivity index (χ3n) is 2.47. The van der Waals surface area contributed by atoms with Gasteiger partial charge in [0, 0.05) is 24.5 Å². The van der Waals surface area contributed by atoms with Gasteiger partial charge in [-0.2, -0.15) is 0 Å². The number of aromatic nitrogens is 1. The van der Waals surface area contributed by atoms with Gasteiger partial charge in [0.05, 0.1) is 11.6 Å². The van der Waals surface area contributed by atoms with Crippen molar-refractivity contribution >= 4 is 23.2 Å². The van der Waals surface area contributed by atoms with Gasteiger partial charge >= 0.3 is 0 Å². The van der Waals surface area contributed by atoms with Crippen LogP contribution in [0.3, 0.4) is 0 Å². The van der Waals surface area contributed by atoms with Gasteiger partial charge in [0.25, 0.3) is 0 Å². The molecular formula is C10H13N3O2S. The predicted molar refractivity (Wildman–Crippen MR) is 60.0 cm³/mol. The number of hydrogen-bond acceptors (Lipinski definition) is 4. The van der Waals surface area contributed by atoms with E-state index in [0.29, 0.717) is 13.0 Å². The molecule has 1 aromatic heterocycles. The zero-order chi connectivity index (χ0) is 11.5. The Kier molecular flexibility index (Phi) is 3.19. The number of amides is 2. The highest BCUT2D eigenvalue weighted by Crippen LogP contribution is 2.08. The summed E-state index contributed by atoms with van der Waals surface area (Å²) in [5.41, 5.74) is 0. The van der Waals surface area contributed by atoms with Crippen LogP contribution in [0.5, 0.6) is 0 Å². The van der Waals surface area contributed by atoms with Gasteiger partial charge in [-0.1, -0.05) is 0 Å². The third kappa shape index (κ3) is 2.38. The van der Waals surface area contributed by atoms with Crippen LogP contribution >= 0.6 is 11.3 Å². The Morgan fingerprint density at radius 2 is 2.44 bits per heavy atom. The van der Waals surface area contributed by atoms with Crippen LogP contribution in [0.1, 0.15) is 11.9 Å². The van der Waals surface area contributed by atoms with Crippen molar-refractivity contribution in [1.29, 1.82) is 0 Å². The molecule has 2 amide bonds. The first-order valence-corrected chi connectivity index (χ1v) is 6.01. The molecule has 1 saturated heterocycles. The molecule has 0 radical (unpaired) electrons. The summed E-state index contributed by atoms with van der Waals surface area (Å²) in [7, 11) is 0. The molecule has 5 nitrogen and oxygen atoms in total. The molecule has 1 fully saturated rings. The molecule has 1 unspecified atom stereocenters. The number of carbonyl (C=O) groups excluding carboxylic acids is 2. The first kappa shape index (κ1) is 11.1. The van der Waals surface area contributed by atoms with E-state index in [-0.39, 0.29) is 18.4 Å². The lowest BCUT2D eigenvalue weighted by atomic mass is 10.2. The summed E-state index contributed by atoms with van der Waals surface area (Å²) in [5.74, 6) is -0.109. The molecule has 0 spiro atoms. The maximum atomic E-state index is 11.7. The van der Waals surface area contributed by atoms with Crippen LogP contribution in [-0.4, -0.2) is 40.8 Å². The van der Waals surface area contributed by atoms with Gasteiger partial charge in [0.15, 0.2) is 0 Å². The van der Waals surface area contributed by atoms with E-state index in [0.717, 1.165) is 5.01 Å². The molecule has 16 heavy (non-hydrogen) atoms. The van der Waals surface area contributed by atoms with Crippen molar-refractivity contribution in [2.45, 2.75) is 19.4 Å². The lowest BCUT2D eigenvalue weighted by Gasteiger charge is -2.30. The van der Waals surface area contributed by atoms with Crippen molar-refractivity contribution in [2.75, 3.05) is 13.1 Å². The number of rotatable bonds is 3. The van der Waals surface area contributed by atoms with Crippen molar-refractivity contribution in [2.24, 2.45) is 0 Å². The summed E-state index contributed by atoms with van der Waals surface area (Å²) in [6.07, 6.45) is 2.46. The number of thiazole rings is 1. The highest BCUT2D eigenvalue weighted by atomic mass is 32.1. The molecule has 86 valence electrons. The molecule has 0 bridgehead atoms. The Bertz CT molecular complexity index is 391. The van der Waals surface area contributed by atoms with Gasteiger partial charge < -0.3 is 10.2 Å². The first-order valence-electron chi connectivity index (χ1n) is 5.13. The number of nitrogens with zero attached hydrogens (tertiary/aromatic N) is 2. The highest BCUT2D eigenvalue weighted by molar-refractivity contribution is 7.09. The Morgan fingerprint density at radius 3 is 3.12 bits per heavy atom. The maximum Gasteiger partial charge on any atom is 0.245 e.